The van der Waals surface area contributed by atoms with E-state index in [1.807, 2.05) is 12.1 Å². The first-order valence-corrected chi connectivity index (χ1v) is 5.22. The Morgan fingerprint density at radius 2 is 2.12 bits per heavy atom. The molecule has 1 aromatic rings. The zero-order chi connectivity index (χ0) is 11.6. The van der Waals surface area contributed by atoms with Crippen LogP contribution in [0.2, 0.25) is 0 Å². The van der Waals surface area contributed by atoms with Gasteiger partial charge < -0.3 is 15.4 Å². The summed E-state index contributed by atoms with van der Waals surface area (Å²) in [6.07, 6.45) is 3.87. The van der Waals surface area contributed by atoms with Gasteiger partial charge in [0.05, 0.1) is 6.61 Å². The average Bonchev–Trinajstić information content (AvgIpc) is 2.31. The van der Waals surface area contributed by atoms with Gasteiger partial charge in [0.15, 0.2) is 0 Å². The van der Waals surface area contributed by atoms with Crippen molar-refractivity contribution in [3.05, 3.63) is 24.5 Å². The fourth-order valence-electron chi connectivity index (χ4n) is 1.17. The third-order valence-electron chi connectivity index (χ3n) is 1.99. The second kappa shape index (κ2) is 7.64. The van der Waals surface area contributed by atoms with Crippen LogP contribution in [0.3, 0.4) is 0 Å². The molecule has 5 nitrogen and oxygen atoms in total. The molecule has 0 spiro atoms. The Morgan fingerprint density at radius 3 is 2.81 bits per heavy atom. The normalized spacial score (nSPS) is 9.81. The van der Waals surface area contributed by atoms with E-state index in [2.05, 4.69) is 15.6 Å². The van der Waals surface area contributed by atoms with E-state index >= 15 is 0 Å². The fraction of sp³-hybridized carbons (Fsp3) is 0.455. The maximum absolute atomic E-state index is 11.3. The van der Waals surface area contributed by atoms with Gasteiger partial charge in [0.25, 0.3) is 0 Å². The van der Waals surface area contributed by atoms with E-state index in [4.69, 9.17) is 4.74 Å². The highest BCUT2D eigenvalue weighted by Gasteiger charge is 1.99. The molecule has 1 rings (SSSR count). The quantitative estimate of drug-likeness (QED) is 0.666. The predicted octanol–water partition coefficient (Wildman–Crippen LogP) is 0.646. The van der Waals surface area contributed by atoms with Crippen LogP contribution in [0.15, 0.2) is 24.5 Å². The van der Waals surface area contributed by atoms with Gasteiger partial charge in [-0.3, -0.25) is 9.78 Å². The van der Waals surface area contributed by atoms with Gasteiger partial charge in [-0.15, -0.1) is 0 Å². The third-order valence-corrected chi connectivity index (χ3v) is 1.99. The Labute approximate surface area is 95.2 Å². The molecule has 88 valence electrons. The van der Waals surface area contributed by atoms with E-state index in [0.717, 1.165) is 5.69 Å². The summed E-state index contributed by atoms with van der Waals surface area (Å²) in [4.78, 5) is 15.2. The molecule has 0 saturated carbocycles. The van der Waals surface area contributed by atoms with Crippen LogP contribution in [0, 0.1) is 0 Å². The van der Waals surface area contributed by atoms with Gasteiger partial charge in [0.2, 0.25) is 5.91 Å². The SMILES string of the molecule is COCCNC(=O)CCNc1ccncc1. The first kappa shape index (κ1) is 12.4. The van der Waals surface area contributed by atoms with Crippen molar-refractivity contribution in [2.75, 3.05) is 32.1 Å². The second-order valence-electron chi connectivity index (χ2n) is 3.26. The number of methoxy groups -OCH3 is 1. The van der Waals surface area contributed by atoms with E-state index in [0.29, 0.717) is 26.1 Å². The lowest BCUT2D eigenvalue weighted by atomic mass is 10.3. The number of nitrogens with zero attached hydrogens (tertiary/aromatic N) is 1. The van der Waals surface area contributed by atoms with Crippen molar-refractivity contribution in [2.24, 2.45) is 0 Å². The molecule has 0 aliphatic rings. The molecule has 0 fully saturated rings. The van der Waals surface area contributed by atoms with Crippen molar-refractivity contribution < 1.29 is 9.53 Å². The Balaban J connectivity index is 2.09. The van der Waals surface area contributed by atoms with E-state index in [-0.39, 0.29) is 5.91 Å². The molecule has 1 aromatic heterocycles. The van der Waals surface area contributed by atoms with Gasteiger partial charge in [0, 0.05) is 44.7 Å². The molecular formula is C11H17N3O2. The highest BCUT2D eigenvalue weighted by atomic mass is 16.5. The molecule has 0 unspecified atom stereocenters. The lowest BCUT2D eigenvalue weighted by molar-refractivity contribution is -0.121. The molecule has 5 heteroatoms. The van der Waals surface area contributed by atoms with Crippen LogP contribution in [0.4, 0.5) is 5.69 Å². The lowest BCUT2D eigenvalue weighted by Gasteiger charge is -2.06. The maximum Gasteiger partial charge on any atom is 0.221 e. The van der Waals surface area contributed by atoms with Crippen molar-refractivity contribution in [2.45, 2.75) is 6.42 Å². The summed E-state index contributed by atoms with van der Waals surface area (Å²) in [5, 5.41) is 5.89. The van der Waals surface area contributed by atoms with Crippen molar-refractivity contribution in [3.63, 3.8) is 0 Å². The summed E-state index contributed by atoms with van der Waals surface area (Å²) in [6, 6.07) is 3.73. The summed E-state index contributed by atoms with van der Waals surface area (Å²) in [5.41, 5.74) is 0.972. The fourth-order valence-corrected chi connectivity index (χ4v) is 1.17. The zero-order valence-corrected chi connectivity index (χ0v) is 9.40. The number of nitrogens with one attached hydrogen (secondary N) is 2. The van der Waals surface area contributed by atoms with Gasteiger partial charge in [0.1, 0.15) is 0 Å². The monoisotopic (exact) mass is 223 g/mol. The molecule has 2 N–H and O–H groups in total. The van der Waals surface area contributed by atoms with Crippen LogP contribution in [0.25, 0.3) is 0 Å². The standard InChI is InChI=1S/C11H17N3O2/c1-16-9-8-14-11(15)4-7-13-10-2-5-12-6-3-10/h2-3,5-6H,4,7-9H2,1H3,(H,12,13)(H,14,15). The minimum Gasteiger partial charge on any atom is -0.384 e. The van der Waals surface area contributed by atoms with E-state index < -0.39 is 0 Å². The summed E-state index contributed by atoms with van der Waals surface area (Å²) in [6.45, 7) is 1.72. The first-order valence-electron chi connectivity index (χ1n) is 5.22. The van der Waals surface area contributed by atoms with Crippen LogP contribution >= 0.6 is 0 Å². The van der Waals surface area contributed by atoms with Gasteiger partial charge >= 0.3 is 0 Å². The van der Waals surface area contributed by atoms with Crippen LogP contribution in [-0.2, 0) is 9.53 Å². The third kappa shape index (κ3) is 5.31. The zero-order valence-electron chi connectivity index (χ0n) is 9.40. The van der Waals surface area contributed by atoms with Crippen LogP contribution in [0.1, 0.15) is 6.42 Å². The van der Waals surface area contributed by atoms with Crippen LogP contribution in [0.5, 0.6) is 0 Å². The number of ether oxygens (including phenoxy) is 1. The molecule has 0 atom stereocenters. The molecule has 0 bridgehead atoms. The van der Waals surface area contributed by atoms with Crippen LogP contribution < -0.4 is 10.6 Å². The van der Waals surface area contributed by atoms with Crippen molar-refractivity contribution in [3.8, 4) is 0 Å². The summed E-state index contributed by atoms with van der Waals surface area (Å²) in [7, 11) is 1.61. The van der Waals surface area contributed by atoms with E-state index in [9.17, 15) is 4.79 Å². The lowest BCUT2D eigenvalue weighted by Crippen LogP contribution is -2.28. The molecule has 1 heterocycles. The highest BCUT2D eigenvalue weighted by molar-refractivity contribution is 5.76. The number of amides is 1. The number of carbonyl (C=O) groups excluding carboxylic acids is 1. The second-order valence-corrected chi connectivity index (χ2v) is 3.26. The van der Waals surface area contributed by atoms with Gasteiger partial charge in [-0.25, -0.2) is 0 Å². The molecule has 0 aliphatic heterocycles. The summed E-state index contributed by atoms with van der Waals surface area (Å²) in [5.74, 6) is 0.0265. The summed E-state index contributed by atoms with van der Waals surface area (Å²) < 4.78 is 4.83. The minimum atomic E-state index is 0.0265. The summed E-state index contributed by atoms with van der Waals surface area (Å²) >= 11 is 0. The molecule has 0 saturated heterocycles. The number of pyridine rings is 1. The van der Waals surface area contributed by atoms with Gasteiger partial charge in [-0.05, 0) is 12.1 Å². The minimum absolute atomic E-state index is 0.0265. The molecule has 0 radical (unpaired) electrons. The number of carbonyl (C=O) groups is 1. The molecule has 1 amide bonds. The molecule has 16 heavy (non-hydrogen) atoms. The Kier molecular flexibility index (Phi) is 5.95. The van der Waals surface area contributed by atoms with E-state index in [1.165, 1.54) is 0 Å². The molecular weight excluding hydrogens is 206 g/mol. The number of anilines is 1. The Morgan fingerprint density at radius 1 is 1.38 bits per heavy atom. The smallest absolute Gasteiger partial charge is 0.221 e. The van der Waals surface area contributed by atoms with Gasteiger partial charge in [-0.2, -0.15) is 0 Å². The number of hydrogen-bond donors (Lipinski definition) is 2. The average molecular weight is 223 g/mol. The Hall–Kier alpha value is -1.62. The molecule has 0 aromatic carbocycles. The predicted molar refractivity (Wildman–Crippen MR) is 62.2 cm³/mol. The highest BCUT2D eigenvalue weighted by Crippen LogP contribution is 2.02. The van der Waals surface area contributed by atoms with Crippen molar-refractivity contribution >= 4 is 11.6 Å². The maximum atomic E-state index is 11.3. The Bertz CT molecular complexity index is 303. The van der Waals surface area contributed by atoms with Crippen LogP contribution in [-0.4, -0.2) is 37.7 Å². The topological polar surface area (TPSA) is 63.2 Å². The van der Waals surface area contributed by atoms with Crippen molar-refractivity contribution in [1.82, 2.24) is 10.3 Å². The number of rotatable bonds is 7. The first-order chi connectivity index (χ1) is 7.83. The number of aromatic nitrogens is 1. The van der Waals surface area contributed by atoms with E-state index in [1.54, 1.807) is 19.5 Å². The van der Waals surface area contributed by atoms with Gasteiger partial charge in [-0.1, -0.05) is 0 Å². The number of hydrogen-bond acceptors (Lipinski definition) is 4. The van der Waals surface area contributed by atoms with Crippen molar-refractivity contribution in [1.29, 1.82) is 0 Å². The molecule has 0 aliphatic carbocycles. The largest absolute Gasteiger partial charge is 0.384 e.